The van der Waals surface area contributed by atoms with Crippen molar-refractivity contribution in [3.05, 3.63) is 23.9 Å². The quantitative estimate of drug-likeness (QED) is 0.319. The fourth-order valence-corrected chi connectivity index (χ4v) is 1.78. The fourth-order valence-electron chi connectivity index (χ4n) is 1.78. The van der Waals surface area contributed by atoms with Crippen molar-refractivity contribution in [1.82, 2.24) is 4.90 Å². The number of hydrogen-bond donors (Lipinski definition) is 5. The van der Waals surface area contributed by atoms with Gasteiger partial charge in [-0.3, -0.25) is 9.59 Å². The molecule has 0 bridgehead atoms. The van der Waals surface area contributed by atoms with Crippen molar-refractivity contribution in [3.8, 4) is 0 Å². The Morgan fingerprint density at radius 3 is 2.45 bits per heavy atom. The van der Waals surface area contributed by atoms with E-state index in [2.05, 4.69) is 4.99 Å². The minimum atomic E-state index is -1.64. The third-order valence-corrected chi connectivity index (χ3v) is 3.24. The first-order valence-electron chi connectivity index (χ1n) is 6.48. The van der Waals surface area contributed by atoms with Crippen LogP contribution in [0.2, 0.25) is 0 Å². The van der Waals surface area contributed by atoms with E-state index < -0.39 is 36.9 Å². The van der Waals surface area contributed by atoms with Crippen LogP contribution in [0.5, 0.6) is 0 Å². The molecule has 1 rings (SSSR count). The van der Waals surface area contributed by atoms with Crippen LogP contribution in [0.15, 0.2) is 28.9 Å². The standard InChI is InChI=1S/C13H19N3O6/c1-7(11(21)12(22)9(19)5-17)16(6-18)4-8-2-3-10(20)15-13(8)14/h2-4,6-7,9,11-12,17,19,21-22H,5H2,1H3,(H2,14,15,20)/b8-4-/t7?,9-,11?,12?/m0/s1. The van der Waals surface area contributed by atoms with Gasteiger partial charge in [0, 0.05) is 17.8 Å². The second-order valence-electron chi connectivity index (χ2n) is 4.78. The zero-order valence-electron chi connectivity index (χ0n) is 11.9. The Hall–Kier alpha value is -2.07. The van der Waals surface area contributed by atoms with Gasteiger partial charge in [0.25, 0.3) is 5.91 Å². The van der Waals surface area contributed by atoms with Crippen molar-refractivity contribution in [2.75, 3.05) is 6.61 Å². The Balaban J connectivity index is 2.92. The van der Waals surface area contributed by atoms with Gasteiger partial charge in [0.15, 0.2) is 0 Å². The first-order valence-corrected chi connectivity index (χ1v) is 6.48. The van der Waals surface area contributed by atoms with Crippen LogP contribution in [-0.4, -0.2) is 74.4 Å². The third-order valence-electron chi connectivity index (χ3n) is 3.24. The maximum Gasteiger partial charge on any atom is 0.271 e. The molecule has 1 aliphatic rings. The van der Waals surface area contributed by atoms with Gasteiger partial charge in [-0.25, -0.2) is 0 Å². The Morgan fingerprint density at radius 1 is 1.32 bits per heavy atom. The number of carbonyl (C=O) groups is 2. The number of dihydropyridines is 1. The number of carbonyl (C=O) groups excluding carboxylic acids is 2. The summed E-state index contributed by atoms with van der Waals surface area (Å²) < 4.78 is 0. The van der Waals surface area contributed by atoms with E-state index in [0.29, 0.717) is 6.41 Å². The Bertz CT molecular complexity index is 516. The molecule has 1 aliphatic heterocycles. The van der Waals surface area contributed by atoms with Gasteiger partial charge in [0.05, 0.1) is 12.6 Å². The predicted octanol–water partition coefficient (Wildman–Crippen LogP) is -2.75. The van der Waals surface area contributed by atoms with Crippen LogP contribution in [-0.2, 0) is 9.59 Å². The third kappa shape index (κ3) is 4.21. The van der Waals surface area contributed by atoms with E-state index in [1.165, 1.54) is 19.2 Å². The molecule has 1 heterocycles. The smallest absolute Gasteiger partial charge is 0.271 e. The topological polar surface area (TPSA) is 157 Å². The normalized spacial score (nSPS) is 22.0. The highest BCUT2D eigenvalue weighted by Crippen LogP contribution is 2.13. The number of rotatable bonds is 7. The maximum atomic E-state index is 11.2. The Kier molecular flexibility index (Phi) is 6.38. The first kappa shape index (κ1) is 18.0. The van der Waals surface area contributed by atoms with Gasteiger partial charge < -0.3 is 31.1 Å². The highest BCUT2D eigenvalue weighted by Gasteiger charge is 2.31. The summed E-state index contributed by atoms with van der Waals surface area (Å²) in [7, 11) is 0. The summed E-state index contributed by atoms with van der Waals surface area (Å²) in [6.07, 6.45) is -0.545. The highest BCUT2D eigenvalue weighted by molar-refractivity contribution is 6.11. The molecule has 0 aromatic carbocycles. The molecule has 0 spiro atoms. The van der Waals surface area contributed by atoms with E-state index in [4.69, 9.17) is 10.8 Å². The lowest BCUT2D eigenvalue weighted by molar-refractivity contribution is -0.125. The number of nitrogens with two attached hydrogens (primary N) is 1. The summed E-state index contributed by atoms with van der Waals surface area (Å²) in [6, 6.07) is -0.931. The second-order valence-corrected chi connectivity index (χ2v) is 4.78. The summed E-state index contributed by atoms with van der Waals surface area (Å²) in [4.78, 5) is 26.7. The van der Waals surface area contributed by atoms with E-state index in [1.54, 1.807) is 0 Å². The molecule has 0 aromatic rings. The largest absolute Gasteiger partial charge is 0.394 e. The predicted molar refractivity (Wildman–Crippen MR) is 76.3 cm³/mol. The van der Waals surface area contributed by atoms with E-state index >= 15 is 0 Å². The van der Waals surface area contributed by atoms with E-state index in [9.17, 15) is 24.9 Å². The monoisotopic (exact) mass is 313 g/mol. The lowest BCUT2D eigenvalue weighted by Gasteiger charge is -2.31. The lowest BCUT2D eigenvalue weighted by atomic mass is 10.0. The summed E-state index contributed by atoms with van der Waals surface area (Å²) in [6.45, 7) is 0.687. The van der Waals surface area contributed by atoms with Crippen LogP contribution < -0.4 is 5.73 Å². The molecule has 3 unspecified atom stereocenters. The van der Waals surface area contributed by atoms with Crippen LogP contribution in [0.25, 0.3) is 0 Å². The Morgan fingerprint density at radius 2 is 1.95 bits per heavy atom. The zero-order chi connectivity index (χ0) is 16.9. The number of aliphatic hydroxyl groups excluding tert-OH is 4. The molecule has 9 nitrogen and oxygen atoms in total. The average molecular weight is 313 g/mol. The van der Waals surface area contributed by atoms with E-state index in [1.807, 2.05) is 0 Å². The van der Waals surface area contributed by atoms with Gasteiger partial charge >= 0.3 is 0 Å². The minimum Gasteiger partial charge on any atom is -0.394 e. The van der Waals surface area contributed by atoms with Crippen molar-refractivity contribution in [3.63, 3.8) is 0 Å². The maximum absolute atomic E-state index is 11.2. The van der Waals surface area contributed by atoms with Gasteiger partial charge in [-0.1, -0.05) is 0 Å². The molecule has 0 saturated carbocycles. The Labute approximate surface area is 126 Å². The van der Waals surface area contributed by atoms with Gasteiger partial charge in [0.2, 0.25) is 6.41 Å². The summed E-state index contributed by atoms with van der Waals surface area (Å²) in [5.74, 6) is -0.612. The van der Waals surface area contributed by atoms with Crippen molar-refractivity contribution >= 4 is 18.2 Å². The molecule has 0 aliphatic carbocycles. The molecular formula is C13H19N3O6. The van der Waals surface area contributed by atoms with E-state index in [-0.39, 0.29) is 11.4 Å². The first-order chi connectivity index (χ1) is 10.3. The van der Waals surface area contributed by atoms with Gasteiger partial charge in [-0.05, 0) is 13.0 Å². The van der Waals surface area contributed by atoms with Crippen LogP contribution in [0.3, 0.4) is 0 Å². The molecule has 0 aromatic heterocycles. The molecule has 9 heteroatoms. The van der Waals surface area contributed by atoms with Gasteiger partial charge in [-0.15, -0.1) is 0 Å². The summed E-state index contributed by atoms with van der Waals surface area (Å²) in [5, 5.41) is 37.7. The molecule has 2 amide bonds. The molecule has 22 heavy (non-hydrogen) atoms. The van der Waals surface area contributed by atoms with Gasteiger partial charge in [0.1, 0.15) is 24.1 Å². The van der Waals surface area contributed by atoms with Crippen molar-refractivity contribution < 1.29 is 30.0 Å². The molecular weight excluding hydrogens is 294 g/mol. The molecule has 4 atom stereocenters. The van der Waals surface area contributed by atoms with Gasteiger partial charge in [-0.2, -0.15) is 4.99 Å². The summed E-state index contributed by atoms with van der Waals surface area (Å²) in [5.41, 5.74) is 5.84. The minimum absolute atomic E-state index is 0.0861. The number of amidine groups is 1. The van der Waals surface area contributed by atoms with Crippen LogP contribution in [0.1, 0.15) is 6.92 Å². The summed E-state index contributed by atoms with van der Waals surface area (Å²) >= 11 is 0. The van der Waals surface area contributed by atoms with Crippen LogP contribution in [0.4, 0.5) is 0 Å². The number of nitrogens with zero attached hydrogens (tertiary/aromatic N) is 2. The number of amides is 2. The van der Waals surface area contributed by atoms with Crippen molar-refractivity contribution in [2.45, 2.75) is 31.3 Å². The lowest BCUT2D eigenvalue weighted by Crippen LogP contribution is -2.50. The number of hydrogen-bond acceptors (Lipinski definition) is 7. The second kappa shape index (κ2) is 7.80. The highest BCUT2D eigenvalue weighted by atomic mass is 16.4. The van der Waals surface area contributed by atoms with Crippen molar-refractivity contribution in [1.29, 1.82) is 0 Å². The SMILES string of the molecule is CC(C(O)C(O)[C@@H](O)CO)N(C=O)/C=C1/C=CC(=O)N=C1N. The van der Waals surface area contributed by atoms with E-state index in [0.717, 1.165) is 11.0 Å². The number of aliphatic hydroxyl groups is 4. The van der Waals surface area contributed by atoms with Crippen LogP contribution in [0, 0.1) is 0 Å². The molecule has 122 valence electrons. The zero-order valence-corrected chi connectivity index (χ0v) is 11.9. The number of aliphatic imine (C=N–C) groups is 1. The average Bonchev–Trinajstić information content (AvgIpc) is 2.51. The molecule has 0 radical (unpaired) electrons. The van der Waals surface area contributed by atoms with Crippen molar-refractivity contribution in [2.24, 2.45) is 10.7 Å². The molecule has 6 N–H and O–H groups in total. The fraction of sp³-hybridized carbons (Fsp3) is 0.462. The molecule has 0 saturated heterocycles. The van der Waals surface area contributed by atoms with Crippen LogP contribution >= 0.6 is 0 Å². The molecule has 0 fully saturated rings.